The van der Waals surface area contributed by atoms with Gasteiger partial charge in [-0.05, 0) is 68.8 Å². The molecule has 0 bridgehead atoms. The Kier molecular flexibility index (Phi) is 9.08. The Hall–Kier alpha value is -2.64. The minimum atomic E-state index is -0.257. The average molecular weight is 527 g/mol. The van der Waals surface area contributed by atoms with Crippen LogP contribution in [0.25, 0.3) is 0 Å². The minimum absolute atomic E-state index is 0. The highest BCUT2D eigenvalue weighted by atomic mass is 35.5. The zero-order valence-corrected chi connectivity index (χ0v) is 22.3. The van der Waals surface area contributed by atoms with Crippen molar-refractivity contribution < 1.29 is 9.59 Å². The zero-order valence-electron chi connectivity index (χ0n) is 21.5. The predicted octanol–water partition coefficient (Wildman–Crippen LogP) is 4.05. The van der Waals surface area contributed by atoms with Gasteiger partial charge in [0.15, 0.2) is 0 Å². The largest absolute Gasteiger partial charge is 0.349 e. The van der Waals surface area contributed by atoms with Gasteiger partial charge in [0.1, 0.15) is 0 Å². The van der Waals surface area contributed by atoms with Crippen molar-refractivity contribution in [1.29, 1.82) is 0 Å². The van der Waals surface area contributed by atoms with Gasteiger partial charge in [0, 0.05) is 37.8 Å². The van der Waals surface area contributed by atoms with Gasteiger partial charge in [-0.2, -0.15) is 0 Å². The van der Waals surface area contributed by atoms with E-state index in [9.17, 15) is 14.4 Å². The molecule has 2 saturated heterocycles. The Morgan fingerprint density at radius 2 is 1.73 bits per heavy atom. The molecule has 8 heteroatoms. The zero-order chi connectivity index (χ0) is 25.0. The standard InChI is InChI=1S/C29H38N4O3.ClH/c34-26-20-22(10-15-30-26)21-33-19-14-29(28(33)36)12-17-32(18-13-29)16-11-25(23-6-2-1-3-7-23)31-27(35)24-8-4-5-9-24;/h1-3,6-7,10,15,20,24-25H,4-5,8-9,11-14,16-19,21H2,(H,30,34)(H,31,35);1H/t25-;/m0./s1. The molecule has 1 atom stereocenters. The van der Waals surface area contributed by atoms with E-state index >= 15 is 0 Å². The van der Waals surface area contributed by atoms with Crippen LogP contribution in [0.5, 0.6) is 0 Å². The molecule has 5 rings (SSSR count). The number of carbonyl (C=O) groups is 2. The van der Waals surface area contributed by atoms with E-state index in [-0.39, 0.29) is 47.2 Å². The molecular weight excluding hydrogens is 488 g/mol. The van der Waals surface area contributed by atoms with Crippen molar-refractivity contribution in [3.8, 4) is 0 Å². The maximum Gasteiger partial charge on any atom is 0.248 e. The Bertz CT molecular complexity index is 1110. The Balaban J connectivity index is 0.00000320. The third-order valence-electron chi connectivity index (χ3n) is 8.61. The SMILES string of the molecule is Cl.O=C(N[C@@H](CCN1CCC2(CC1)CCN(Cc1cc[nH]c(=O)c1)C2=O)c1ccccc1)C1CCCC1. The number of amides is 2. The molecular formula is C29H39ClN4O3. The van der Waals surface area contributed by atoms with Crippen LogP contribution in [0, 0.1) is 11.3 Å². The van der Waals surface area contributed by atoms with E-state index in [2.05, 4.69) is 27.3 Å². The number of likely N-dealkylation sites (tertiary alicyclic amines) is 2. The van der Waals surface area contributed by atoms with Crippen LogP contribution in [0.4, 0.5) is 0 Å². The Labute approximate surface area is 225 Å². The number of nitrogens with one attached hydrogen (secondary N) is 2. The highest BCUT2D eigenvalue weighted by molar-refractivity contribution is 5.85. The number of aromatic nitrogens is 1. The lowest BCUT2D eigenvalue weighted by molar-refractivity contribution is -0.139. The van der Waals surface area contributed by atoms with Crippen LogP contribution in [0.3, 0.4) is 0 Å². The third-order valence-corrected chi connectivity index (χ3v) is 8.61. The lowest BCUT2D eigenvalue weighted by atomic mass is 9.77. The van der Waals surface area contributed by atoms with Gasteiger partial charge in [0.25, 0.3) is 0 Å². The third kappa shape index (κ3) is 6.44. The van der Waals surface area contributed by atoms with Crippen molar-refractivity contribution in [1.82, 2.24) is 20.1 Å². The molecule has 37 heavy (non-hydrogen) atoms. The van der Waals surface area contributed by atoms with Crippen LogP contribution in [0.1, 0.15) is 68.5 Å². The summed E-state index contributed by atoms with van der Waals surface area (Å²) >= 11 is 0. The van der Waals surface area contributed by atoms with E-state index in [1.165, 1.54) is 5.56 Å². The monoisotopic (exact) mass is 526 g/mol. The summed E-state index contributed by atoms with van der Waals surface area (Å²) in [6, 6.07) is 13.8. The van der Waals surface area contributed by atoms with Crippen molar-refractivity contribution in [3.63, 3.8) is 0 Å². The maximum absolute atomic E-state index is 13.4. The first-order chi connectivity index (χ1) is 17.5. The quantitative estimate of drug-likeness (QED) is 0.543. The molecule has 3 fully saturated rings. The lowest BCUT2D eigenvalue weighted by Crippen LogP contribution is -2.45. The van der Waals surface area contributed by atoms with Gasteiger partial charge in [-0.3, -0.25) is 14.4 Å². The van der Waals surface area contributed by atoms with E-state index < -0.39 is 0 Å². The minimum Gasteiger partial charge on any atom is -0.349 e. The Morgan fingerprint density at radius 3 is 2.43 bits per heavy atom. The van der Waals surface area contributed by atoms with E-state index in [0.717, 1.165) is 83.1 Å². The van der Waals surface area contributed by atoms with Gasteiger partial charge in [-0.25, -0.2) is 0 Å². The summed E-state index contributed by atoms with van der Waals surface area (Å²) in [6.07, 6.45) is 9.49. The summed E-state index contributed by atoms with van der Waals surface area (Å²) in [7, 11) is 0. The number of nitrogens with zero attached hydrogens (tertiary/aromatic N) is 2. The molecule has 2 N–H and O–H groups in total. The smallest absolute Gasteiger partial charge is 0.248 e. The predicted molar refractivity (Wildman–Crippen MR) is 146 cm³/mol. The normalized spacial score (nSPS) is 20.6. The molecule has 2 aromatic rings. The number of aromatic amines is 1. The molecule has 0 unspecified atom stereocenters. The summed E-state index contributed by atoms with van der Waals surface area (Å²) in [5, 5.41) is 3.35. The molecule has 3 heterocycles. The van der Waals surface area contributed by atoms with Gasteiger partial charge in [-0.15, -0.1) is 12.4 Å². The molecule has 0 radical (unpaired) electrons. The first-order valence-electron chi connectivity index (χ1n) is 13.6. The van der Waals surface area contributed by atoms with Gasteiger partial charge in [-0.1, -0.05) is 43.2 Å². The first kappa shape index (κ1) is 27.4. The molecule has 200 valence electrons. The number of H-pyrrole nitrogens is 1. The molecule has 1 aromatic carbocycles. The van der Waals surface area contributed by atoms with Crippen LogP contribution in [0.2, 0.25) is 0 Å². The summed E-state index contributed by atoms with van der Waals surface area (Å²) in [6.45, 7) is 3.99. The van der Waals surface area contributed by atoms with E-state index in [0.29, 0.717) is 6.54 Å². The fourth-order valence-corrected chi connectivity index (χ4v) is 6.32. The maximum atomic E-state index is 13.4. The number of carbonyl (C=O) groups excluding carboxylic acids is 2. The highest BCUT2D eigenvalue weighted by Crippen LogP contribution is 2.42. The molecule has 2 amide bonds. The first-order valence-corrected chi connectivity index (χ1v) is 13.6. The summed E-state index contributed by atoms with van der Waals surface area (Å²) in [5.74, 6) is 0.612. The average Bonchev–Trinajstić information content (AvgIpc) is 3.54. The van der Waals surface area contributed by atoms with Crippen LogP contribution in [0.15, 0.2) is 53.5 Å². The number of rotatable bonds is 8. The Morgan fingerprint density at radius 1 is 1.03 bits per heavy atom. The molecule has 1 saturated carbocycles. The van der Waals surface area contributed by atoms with Crippen LogP contribution < -0.4 is 10.9 Å². The number of pyridine rings is 1. The van der Waals surface area contributed by atoms with Gasteiger partial charge < -0.3 is 20.1 Å². The van der Waals surface area contributed by atoms with E-state index in [4.69, 9.17) is 0 Å². The summed E-state index contributed by atoms with van der Waals surface area (Å²) < 4.78 is 0. The number of halogens is 1. The second-order valence-corrected chi connectivity index (χ2v) is 10.9. The van der Waals surface area contributed by atoms with E-state index in [1.54, 1.807) is 12.3 Å². The van der Waals surface area contributed by atoms with Gasteiger partial charge >= 0.3 is 0 Å². The topological polar surface area (TPSA) is 85.5 Å². The highest BCUT2D eigenvalue weighted by Gasteiger charge is 2.47. The van der Waals surface area contributed by atoms with Crippen molar-refractivity contribution >= 4 is 24.2 Å². The van der Waals surface area contributed by atoms with Crippen molar-refractivity contribution in [2.24, 2.45) is 11.3 Å². The number of piperidine rings is 1. The molecule has 2 aliphatic heterocycles. The lowest BCUT2D eigenvalue weighted by Gasteiger charge is -2.38. The fourth-order valence-electron chi connectivity index (χ4n) is 6.32. The summed E-state index contributed by atoms with van der Waals surface area (Å²) in [5.41, 5.74) is 1.66. The molecule has 1 spiro atoms. The number of hydrogen-bond donors (Lipinski definition) is 2. The second kappa shape index (κ2) is 12.3. The van der Waals surface area contributed by atoms with Crippen molar-refractivity contribution in [3.05, 3.63) is 70.1 Å². The van der Waals surface area contributed by atoms with Crippen molar-refractivity contribution in [2.45, 2.75) is 64.0 Å². The van der Waals surface area contributed by atoms with Crippen LogP contribution >= 0.6 is 12.4 Å². The number of benzene rings is 1. The summed E-state index contributed by atoms with van der Waals surface area (Å²) in [4.78, 5) is 44.9. The van der Waals surface area contributed by atoms with Crippen LogP contribution in [-0.2, 0) is 16.1 Å². The fraction of sp³-hybridized carbons (Fsp3) is 0.552. The number of hydrogen-bond acceptors (Lipinski definition) is 4. The van der Waals surface area contributed by atoms with Crippen molar-refractivity contribution in [2.75, 3.05) is 26.2 Å². The molecule has 1 aliphatic carbocycles. The second-order valence-electron chi connectivity index (χ2n) is 10.9. The van der Waals surface area contributed by atoms with Gasteiger partial charge in [0.2, 0.25) is 17.4 Å². The van der Waals surface area contributed by atoms with E-state index in [1.807, 2.05) is 29.2 Å². The molecule has 7 nitrogen and oxygen atoms in total. The van der Waals surface area contributed by atoms with Gasteiger partial charge in [0.05, 0.1) is 11.5 Å². The molecule has 1 aromatic heterocycles. The van der Waals surface area contributed by atoms with Crippen LogP contribution in [-0.4, -0.2) is 52.8 Å². The molecule has 3 aliphatic rings.